The SMILES string of the molecule is COc1ccc(C(=O)I)c(C(C)=O)c1. The number of carbonyl (C=O) groups is 2. The van der Waals surface area contributed by atoms with Gasteiger partial charge in [-0.3, -0.25) is 9.59 Å². The third-order valence-electron chi connectivity index (χ3n) is 1.82. The number of ether oxygens (including phenoxy) is 1. The highest BCUT2D eigenvalue weighted by Gasteiger charge is 2.12. The van der Waals surface area contributed by atoms with Crippen LogP contribution >= 0.6 is 22.6 Å². The van der Waals surface area contributed by atoms with Crippen molar-refractivity contribution in [3.05, 3.63) is 29.3 Å². The Bertz CT molecular complexity index is 385. The van der Waals surface area contributed by atoms with Gasteiger partial charge in [-0.25, -0.2) is 0 Å². The molecule has 0 saturated heterocycles. The maximum Gasteiger partial charge on any atom is 0.223 e. The van der Waals surface area contributed by atoms with Crippen molar-refractivity contribution in [2.75, 3.05) is 7.11 Å². The van der Waals surface area contributed by atoms with Crippen molar-refractivity contribution in [2.24, 2.45) is 0 Å². The van der Waals surface area contributed by atoms with E-state index >= 15 is 0 Å². The number of halogens is 1. The van der Waals surface area contributed by atoms with Gasteiger partial charge in [0.2, 0.25) is 3.79 Å². The molecular formula is C10H9IO3. The van der Waals surface area contributed by atoms with Gasteiger partial charge in [-0.2, -0.15) is 0 Å². The maximum absolute atomic E-state index is 11.2. The molecule has 3 nitrogen and oxygen atoms in total. The van der Waals surface area contributed by atoms with Crippen LogP contribution in [0.3, 0.4) is 0 Å². The molecule has 0 atom stereocenters. The van der Waals surface area contributed by atoms with E-state index in [0.717, 1.165) is 0 Å². The first-order valence-electron chi connectivity index (χ1n) is 3.95. The molecule has 1 aromatic rings. The van der Waals surface area contributed by atoms with Crippen molar-refractivity contribution in [3.8, 4) is 5.75 Å². The fraction of sp³-hybridized carbons (Fsp3) is 0.200. The van der Waals surface area contributed by atoms with Crippen LogP contribution in [0.5, 0.6) is 5.75 Å². The molecule has 1 rings (SSSR count). The summed E-state index contributed by atoms with van der Waals surface area (Å²) in [7, 11) is 1.52. The molecule has 0 unspecified atom stereocenters. The molecule has 74 valence electrons. The molecule has 4 heteroatoms. The van der Waals surface area contributed by atoms with Crippen molar-refractivity contribution < 1.29 is 14.3 Å². The van der Waals surface area contributed by atoms with E-state index in [9.17, 15) is 9.59 Å². The Balaban J connectivity index is 3.31. The Morgan fingerprint density at radius 3 is 2.36 bits per heavy atom. The number of carbonyl (C=O) groups excluding carboxylic acids is 2. The normalized spacial score (nSPS) is 9.64. The molecule has 0 amide bonds. The van der Waals surface area contributed by atoms with Gasteiger partial charge in [-0.1, -0.05) is 0 Å². The van der Waals surface area contributed by atoms with Gasteiger partial charge in [-0.05, 0) is 25.1 Å². The molecule has 0 spiro atoms. The Hall–Kier alpha value is -0.910. The van der Waals surface area contributed by atoms with Crippen LogP contribution in [0.2, 0.25) is 0 Å². The highest BCUT2D eigenvalue weighted by Crippen LogP contribution is 2.20. The van der Waals surface area contributed by atoms with E-state index < -0.39 is 0 Å². The molecule has 0 heterocycles. The largest absolute Gasteiger partial charge is 0.497 e. The summed E-state index contributed by atoms with van der Waals surface area (Å²) in [4.78, 5) is 22.4. The van der Waals surface area contributed by atoms with Crippen molar-refractivity contribution in [1.29, 1.82) is 0 Å². The smallest absolute Gasteiger partial charge is 0.223 e. The first kappa shape index (κ1) is 11.2. The Kier molecular flexibility index (Phi) is 3.62. The fourth-order valence-corrected chi connectivity index (χ4v) is 1.58. The highest BCUT2D eigenvalue weighted by atomic mass is 127. The van der Waals surface area contributed by atoms with Gasteiger partial charge in [0.25, 0.3) is 0 Å². The molecule has 0 aliphatic heterocycles. The average molecular weight is 304 g/mol. The summed E-state index contributed by atoms with van der Waals surface area (Å²) in [5, 5.41) is 0. The lowest BCUT2D eigenvalue weighted by atomic mass is 10.1. The summed E-state index contributed by atoms with van der Waals surface area (Å²) in [6, 6.07) is 4.84. The lowest BCUT2D eigenvalue weighted by molar-refractivity contribution is 0.100. The Morgan fingerprint density at radius 2 is 1.93 bits per heavy atom. The van der Waals surface area contributed by atoms with Gasteiger partial charge >= 0.3 is 0 Å². The monoisotopic (exact) mass is 304 g/mol. The minimum Gasteiger partial charge on any atom is -0.497 e. The number of methoxy groups -OCH3 is 1. The van der Waals surface area contributed by atoms with Crippen molar-refractivity contribution in [2.45, 2.75) is 6.92 Å². The minimum absolute atomic E-state index is 0.135. The van der Waals surface area contributed by atoms with E-state index in [2.05, 4.69) is 0 Å². The van der Waals surface area contributed by atoms with Crippen LogP contribution in [0.25, 0.3) is 0 Å². The molecule has 0 fully saturated rings. The van der Waals surface area contributed by atoms with Crippen molar-refractivity contribution >= 4 is 32.2 Å². The number of Topliss-reactive ketones (excluding diaryl/α,β-unsaturated/α-hetero) is 1. The van der Waals surface area contributed by atoms with Crippen LogP contribution in [0.15, 0.2) is 18.2 Å². The fourth-order valence-electron chi connectivity index (χ4n) is 1.11. The summed E-state index contributed by atoms with van der Waals surface area (Å²) >= 11 is 1.66. The van der Waals surface area contributed by atoms with Crippen LogP contribution in [-0.4, -0.2) is 16.7 Å². The lowest BCUT2D eigenvalue weighted by Crippen LogP contribution is -2.02. The van der Waals surface area contributed by atoms with Gasteiger partial charge in [0.05, 0.1) is 7.11 Å². The highest BCUT2D eigenvalue weighted by molar-refractivity contribution is 14.1. The number of hydrogen-bond donors (Lipinski definition) is 0. The van der Waals surface area contributed by atoms with E-state index in [-0.39, 0.29) is 9.57 Å². The van der Waals surface area contributed by atoms with E-state index in [1.54, 1.807) is 40.8 Å². The van der Waals surface area contributed by atoms with Gasteiger partial charge in [0, 0.05) is 33.7 Å². The molecular weight excluding hydrogens is 295 g/mol. The van der Waals surface area contributed by atoms with Crippen LogP contribution in [0.4, 0.5) is 0 Å². The van der Waals surface area contributed by atoms with Crippen molar-refractivity contribution in [1.82, 2.24) is 0 Å². The molecule has 0 saturated carbocycles. The quantitative estimate of drug-likeness (QED) is 0.489. The van der Waals surface area contributed by atoms with E-state index in [1.807, 2.05) is 0 Å². The van der Waals surface area contributed by atoms with Gasteiger partial charge in [-0.15, -0.1) is 0 Å². The van der Waals surface area contributed by atoms with Gasteiger partial charge in [0.1, 0.15) is 5.75 Å². The molecule has 14 heavy (non-hydrogen) atoms. The predicted molar refractivity (Wildman–Crippen MR) is 61.3 cm³/mol. The topological polar surface area (TPSA) is 43.4 Å². The molecule has 0 radical (unpaired) electrons. The molecule has 0 N–H and O–H groups in total. The van der Waals surface area contributed by atoms with Gasteiger partial charge < -0.3 is 4.74 Å². The van der Waals surface area contributed by atoms with Crippen molar-refractivity contribution in [3.63, 3.8) is 0 Å². The number of ketones is 1. The van der Waals surface area contributed by atoms with Crippen LogP contribution < -0.4 is 4.74 Å². The molecule has 0 bridgehead atoms. The number of rotatable bonds is 3. The second-order valence-electron chi connectivity index (χ2n) is 2.74. The number of benzene rings is 1. The summed E-state index contributed by atoms with van der Waals surface area (Å²) in [6.45, 7) is 1.43. The molecule has 0 aliphatic rings. The molecule has 1 aromatic carbocycles. The average Bonchev–Trinajstić information content (AvgIpc) is 2.16. The molecule has 0 aromatic heterocycles. The second-order valence-corrected chi connectivity index (χ2v) is 3.72. The second kappa shape index (κ2) is 4.54. The van der Waals surface area contributed by atoms with Crippen LogP contribution in [0, 0.1) is 0 Å². The maximum atomic E-state index is 11.2. The Labute approximate surface area is 95.6 Å². The predicted octanol–water partition coefficient (Wildman–Crippen LogP) is 2.47. The zero-order chi connectivity index (χ0) is 10.7. The van der Waals surface area contributed by atoms with Crippen LogP contribution in [0.1, 0.15) is 27.6 Å². The first-order chi connectivity index (χ1) is 6.56. The van der Waals surface area contributed by atoms with Crippen LogP contribution in [-0.2, 0) is 0 Å². The summed E-state index contributed by atoms with van der Waals surface area (Å²) < 4.78 is 4.83. The standard InChI is InChI=1S/C10H9IO3/c1-6(12)9-5-7(14-2)3-4-8(9)10(11)13/h3-5H,1-2H3. The summed E-state index contributed by atoms with van der Waals surface area (Å²) in [5.41, 5.74) is 0.836. The molecule has 0 aliphatic carbocycles. The third-order valence-corrected chi connectivity index (χ3v) is 2.40. The zero-order valence-corrected chi connectivity index (χ0v) is 9.99. The third kappa shape index (κ3) is 2.31. The van der Waals surface area contributed by atoms with E-state index in [0.29, 0.717) is 16.9 Å². The zero-order valence-electron chi connectivity index (χ0n) is 7.83. The van der Waals surface area contributed by atoms with E-state index in [4.69, 9.17) is 4.74 Å². The Morgan fingerprint density at radius 1 is 1.29 bits per heavy atom. The summed E-state index contributed by atoms with van der Waals surface area (Å²) in [5.74, 6) is 0.445. The van der Waals surface area contributed by atoms with Gasteiger partial charge in [0.15, 0.2) is 5.78 Å². The first-order valence-corrected chi connectivity index (χ1v) is 5.03. The summed E-state index contributed by atoms with van der Waals surface area (Å²) in [6.07, 6.45) is 0. The lowest BCUT2D eigenvalue weighted by Gasteiger charge is -2.05. The van der Waals surface area contributed by atoms with E-state index in [1.165, 1.54) is 14.0 Å². The minimum atomic E-state index is -0.143. The number of hydrogen-bond acceptors (Lipinski definition) is 3.